The van der Waals surface area contributed by atoms with E-state index in [9.17, 15) is 9.90 Å². The van der Waals surface area contributed by atoms with Gasteiger partial charge in [0.1, 0.15) is 0 Å². The maximum atomic E-state index is 11.0. The minimum Gasteiger partial charge on any atom is -0.483 e. The average Bonchev–Trinajstić information content (AvgIpc) is 2.47. The highest BCUT2D eigenvalue weighted by Crippen LogP contribution is 2.27. The van der Waals surface area contributed by atoms with Crippen LogP contribution in [0.4, 0.5) is 11.6 Å². The molecule has 1 saturated heterocycles. The second-order valence-electron chi connectivity index (χ2n) is 4.95. The molecule has 0 radical (unpaired) electrons. The molecule has 0 amide bonds. The fraction of sp³-hybridized carbons (Fsp3) is 0.538. The van der Waals surface area contributed by atoms with E-state index in [2.05, 4.69) is 9.97 Å². The summed E-state index contributed by atoms with van der Waals surface area (Å²) < 4.78 is 0. The number of β-amino-alcohol motifs (C(OH)–C–C–N with tert-alkyl or cyclic N) is 1. The van der Waals surface area contributed by atoms with Crippen LogP contribution in [0.2, 0.25) is 0 Å². The van der Waals surface area contributed by atoms with Gasteiger partial charge in [-0.2, -0.15) is 0 Å². The Hall–Kier alpha value is -2.42. The van der Waals surface area contributed by atoms with Gasteiger partial charge in [0.25, 0.3) is 6.47 Å². The Morgan fingerprint density at radius 3 is 2.50 bits per heavy atom. The Morgan fingerprint density at radius 1 is 1.41 bits per heavy atom. The second-order valence-corrected chi connectivity index (χ2v) is 4.95. The first-order valence-corrected chi connectivity index (χ1v) is 6.64. The van der Waals surface area contributed by atoms with Gasteiger partial charge >= 0.3 is 5.97 Å². The zero-order chi connectivity index (χ0) is 16.7. The Kier molecular flexibility index (Phi) is 6.51. The second kappa shape index (κ2) is 8.13. The monoisotopic (exact) mass is 312 g/mol. The third-order valence-electron chi connectivity index (χ3n) is 3.28. The predicted octanol–water partition coefficient (Wildman–Crippen LogP) is -0.485. The van der Waals surface area contributed by atoms with Gasteiger partial charge in [-0.1, -0.05) is 0 Å². The van der Waals surface area contributed by atoms with Crippen LogP contribution in [0.3, 0.4) is 0 Å². The summed E-state index contributed by atoms with van der Waals surface area (Å²) in [6, 6.07) is 0. The molecule has 0 aliphatic carbocycles. The molecule has 22 heavy (non-hydrogen) atoms. The largest absolute Gasteiger partial charge is 0.483 e. The third-order valence-corrected chi connectivity index (χ3v) is 3.28. The molecule has 0 aromatic carbocycles. The number of anilines is 2. The molecule has 3 N–H and O–H groups in total. The van der Waals surface area contributed by atoms with E-state index in [-0.39, 0.29) is 13.0 Å². The number of nitrogens with zero attached hydrogens (tertiary/aromatic N) is 4. The molecular formula is C13H20N4O5. The lowest BCUT2D eigenvalue weighted by molar-refractivity contribution is -0.146. The van der Waals surface area contributed by atoms with Crippen LogP contribution in [0.5, 0.6) is 0 Å². The fourth-order valence-electron chi connectivity index (χ4n) is 2.27. The SMILES string of the molecule is CN(C)c1nccnc1N1CC[C@H](C(=O)O)[C@H](O)C1.O=CO. The molecule has 1 aromatic rings. The predicted molar refractivity (Wildman–Crippen MR) is 79.0 cm³/mol. The van der Waals surface area contributed by atoms with Crippen molar-refractivity contribution in [2.24, 2.45) is 5.92 Å². The first-order chi connectivity index (χ1) is 10.4. The number of aliphatic hydroxyl groups is 1. The van der Waals surface area contributed by atoms with Gasteiger partial charge in [-0.3, -0.25) is 9.59 Å². The highest BCUT2D eigenvalue weighted by molar-refractivity contribution is 5.71. The van der Waals surface area contributed by atoms with Crippen molar-refractivity contribution in [1.82, 2.24) is 9.97 Å². The van der Waals surface area contributed by atoms with Gasteiger partial charge in [-0.25, -0.2) is 9.97 Å². The Labute approximate surface area is 127 Å². The van der Waals surface area contributed by atoms with Crippen molar-refractivity contribution in [3.8, 4) is 0 Å². The molecule has 2 atom stereocenters. The third kappa shape index (κ3) is 4.29. The number of hydrogen-bond donors (Lipinski definition) is 3. The van der Waals surface area contributed by atoms with Crippen LogP contribution in [0.25, 0.3) is 0 Å². The molecule has 1 aromatic heterocycles. The van der Waals surface area contributed by atoms with Crippen LogP contribution in [0.1, 0.15) is 6.42 Å². The van der Waals surface area contributed by atoms with E-state index in [1.165, 1.54) is 0 Å². The molecule has 2 heterocycles. The number of hydrogen-bond acceptors (Lipinski definition) is 7. The number of aromatic nitrogens is 2. The number of aliphatic hydroxyl groups excluding tert-OH is 1. The number of carbonyl (C=O) groups is 2. The zero-order valence-electron chi connectivity index (χ0n) is 12.5. The standard InChI is InChI=1S/C12H18N4O3.CH2O2/c1-15(2)10-11(14-5-4-13-10)16-6-3-8(12(18)19)9(17)7-16;2-1-3/h4-5,8-9,17H,3,6-7H2,1-2H3,(H,18,19);1H,(H,2,3)/t8-,9+;/m0./s1. The molecule has 2 rings (SSSR count). The molecule has 9 nitrogen and oxygen atoms in total. The van der Waals surface area contributed by atoms with Crippen molar-refractivity contribution in [1.29, 1.82) is 0 Å². The summed E-state index contributed by atoms with van der Waals surface area (Å²) in [6.07, 6.45) is 2.72. The van der Waals surface area contributed by atoms with Gasteiger partial charge in [-0.15, -0.1) is 0 Å². The van der Waals surface area contributed by atoms with E-state index >= 15 is 0 Å². The summed E-state index contributed by atoms with van der Waals surface area (Å²) in [4.78, 5) is 31.6. The summed E-state index contributed by atoms with van der Waals surface area (Å²) in [5, 5.41) is 25.8. The zero-order valence-corrected chi connectivity index (χ0v) is 12.5. The highest BCUT2D eigenvalue weighted by Gasteiger charge is 2.34. The van der Waals surface area contributed by atoms with Crippen LogP contribution in [-0.4, -0.2) is 71.0 Å². The van der Waals surface area contributed by atoms with Crippen molar-refractivity contribution >= 4 is 24.1 Å². The molecule has 0 unspecified atom stereocenters. The molecule has 1 aliphatic rings. The van der Waals surface area contributed by atoms with E-state index in [0.717, 1.165) is 0 Å². The lowest BCUT2D eigenvalue weighted by atomic mass is 9.94. The van der Waals surface area contributed by atoms with Crippen molar-refractivity contribution in [3.05, 3.63) is 12.4 Å². The summed E-state index contributed by atoms with van der Waals surface area (Å²) in [5.74, 6) is -0.256. The molecule has 0 saturated carbocycles. The number of carboxylic acid groups (broad SMARTS) is 2. The molecular weight excluding hydrogens is 292 g/mol. The van der Waals surface area contributed by atoms with E-state index in [1.54, 1.807) is 12.4 Å². The topological polar surface area (TPSA) is 127 Å². The Morgan fingerprint density at radius 2 is 2.00 bits per heavy atom. The van der Waals surface area contributed by atoms with E-state index in [0.29, 0.717) is 24.6 Å². The van der Waals surface area contributed by atoms with Crippen LogP contribution in [-0.2, 0) is 9.59 Å². The quantitative estimate of drug-likeness (QED) is 0.634. The van der Waals surface area contributed by atoms with Crippen LogP contribution in [0, 0.1) is 5.92 Å². The Bertz CT molecular complexity index is 511. The number of rotatable bonds is 3. The van der Waals surface area contributed by atoms with Crippen LogP contribution >= 0.6 is 0 Å². The van der Waals surface area contributed by atoms with Gasteiger partial charge in [0, 0.05) is 39.6 Å². The van der Waals surface area contributed by atoms with E-state index in [1.807, 2.05) is 23.9 Å². The molecule has 0 bridgehead atoms. The first kappa shape index (κ1) is 17.6. The lowest BCUT2D eigenvalue weighted by Crippen LogP contribution is -2.47. The summed E-state index contributed by atoms with van der Waals surface area (Å²) in [6.45, 7) is 0.560. The van der Waals surface area contributed by atoms with Crippen LogP contribution < -0.4 is 9.80 Å². The van der Waals surface area contributed by atoms with E-state index in [4.69, 9.17) is 15.0 Å². The van der Waals surface area contributed by atoms with Crippen molar-refractivity contribution in [2.45, 2.75) is 12.5 Å². The first-order valence-electron chi connectivity index (χ1n) is 6.64. The van der Waals surface area contributed by atoms with Crippen LogP contribution in [0.15, 0.2) is 12.4 Å². The minimum atomic E-state index is -0.945. The van der Waals surface area contributed by atoms with Crippen molar-refractivity contribution in [3.63, 3.8) is 0 Å². The fourth-order valence-corrected chi connectivity index (χ4v) is 2.27. The Balaban J connectivity index is 0.000000745. The van der Waals surface area contributed by atoms with Gasteiger partial charge in [0.15, 0.2) is 11.6 Å². The van der Waals surface area contributed by atoms with Crippen molar-refractivity contribution < 1.29 is 24.9 Å². The number of piperidine rings is 1. The van der Waals surface area contributed by atoms with E-state index < -0.39 is 18.0 Å². The normalized spacial score (nSPS) is 20.6. The maximum absolute atomic E-state index is 11.0. The van der Waals surface area contributed by atoms with Crippen molar-refractivity contribution in [2.75, 3.05) is 37.0 Å². The molecule has 9 heteroatoms. The lowest BCUT2D eigenvalue weighted by Gasteiger charge is -2.35. The summed E-state index contributed by atoms with van der Waals surface area (Å²) in [5.41, 5.74) is 0. The van der Waals surface area contributed by atoms with Gasteiger partial charge in [-0.05, 0) is 6.42 Å². The smallest absolute Gasteiger partial charge is 0.309 e. The molecule has 0 spiro atoms. The minimum absolute atomic E-state index is 0.250. The highest BCUT2D eigenvalue weighted by atomic mass is 16.4. The molecule has 1 fully saturated rings. The van der Waals surface area contributed by atoms with Gasteiger partial charge in [0.2, 0.25) is 0 Å². The molecule has 122 valence electrons. The summed E-state index contributed by atoms with van der Waals surface area (Å²) in [7, 11) is 3.74. The van der Waals surface area contributed by atoms with Gasteiger partial charge in [0.05, 0.1) is 12.0 Å². The maximum Gasteiger partial charge on any atom is 0.309 e. The average molecular weight is 312 g/mol. The molecule has 1 aliphatic heterocycles. The number of aliphatic carboxylic acids is 1. The summed E-state index contributed by atoms with van der Waals surface area (Å²) >= 11 is 0. The van der Waals surface area contributed by atoms with Gasteiger partial charge < -0.3 is 25.1 Å². The number of carboxylic acids is 1.